The molecule has 46 heavy (non-hydrogen) atoms. The van der Waals surface area contributed by atoms with Crippen LogP contribution in [-0.4, -0.2) is 71.9 Å². The average molecular weight is 695 g/mol. The molecule has 4 aromatic rings. The van der Waals surface area contributed by atoms with Gasteiger partial charge in [0.1, 0.15) is 31.3 Å². The lowest BCUT2D eigenvalue weighted by Crippen LogP contribution is -2.19. The predicted molar refractivity (Wildman–Crippen MR) is 166 cm³/mol. The fraction of sp³-hybridized carbons (Fsp3) is 0.250. The third kappa shape index (κ3) is 8.30. The SMILES string of the molecule is COCCOc1nc(NS(=O)(=O)c2ccc3c(c2)OCO3)c(Oc2cc(OC)ccc2Cl)c(OCCOC(=O)Nc2ccsc2)n1. The first-order chi connectivity index (χ1) is 22.3. The minimum Gasteiger partial charge on any atom is -0.497 e. The summed E-state index contributed by atoms with van der Waals surface area (Å²) in [6, 6.07) is 10.2. The first-order valence-electron chi connectivity index (χ1n) is 13.3. The van der Waals surface area contributed by atoms with Crippen molar-refractivity contribution in [3.63, 3.8) is 0 Å². The molecule has 0 radical (unpaired) electrons. The van der Waals surface area contributed by atoms with E-state index in [9.17, 15) is 13.2 Å². The van der Waals surface area contributed by atoms with Gasteiger partial charge in [0.15, 0.2) is 17.3 Å². The topological polar surface area (TPSA) is 175 Å². The van der Waals surface area contributed by atoms with Gasteiger partial charge in [-0.1, -0.05) is 11.6 Å². The van der Waals surface area contributed by atoms with Crippen LogP contribution in [0.4, 0.5) is 16.3 Å². The molecule has 2 aromatic heterocycles. The fourth-order valence-corrected chi connectivity index (χ4v) is 5.51. The number of nitrogens with one attached hydrogen (secondary N) is 2. The third-order valence-corrected chi connectivity index (χ3v) is 8.22. The number of benzene rings is 2. The number of hydrogen-bond acceptors (Lipinski definition) is 14. The lowest BCUT2D eigenvalue weighted by atomic mass is 10.3. The van der Waals surface area contributed by atoms with Crippen molar-refractivity contribution in [2.24, 2.45) is 0 Å². The van der Waals surface area contributed by atoms with Gasteiger partial charge < -0.3 is 37.9 Å². The van der Waals surface area contributed by atoms with Gasteiger partial charge in [0.25, 0.3) is 15.9 Å². The van der Waals surface area contributed by atoms with Crippen LogP contribution in [0.25, 0.3) is 0 Å². The molecule has 15 nitrogen and oxygen atoms in total. The lowest BCUT2D eigenvalue weighted by molar-refractivity contribution is 0.131. The average Bonchev–Trinajstić information content (AvgIpc) is 3.73. The maximum atomic E-state index is 13.6. The second kappa shape index (κ2) is 15.0. The molecule has 0 fully saturated rings. The molecule has 18 heteroatoms. The molecule has 2 N–H and O–H groups in total. The monoisotopic (exact) mass is 694 g/mol. The molecule has 244 valence electrons. The summed E-state index contributed by atoms with van der Waals surface area (Å²) in [5.74, 6) is 0.222. The van der Waals surface area contributed by atoms with Gasteiger partial charge in [-0.25, -0.2) is 13.2 Å². The van der Waals surface area contributed by atoms with Crippen molar-refractivity contribution in [2.75, 3.05) is 57.5 Å². The first-order valence-corrected chi connectivity index (χ1v) is 16.1. The number of hydrogen-bond donors (Lipinski definition) is 2. The van der Waals surface area contributed by atoms with Crippen molar-refractivity contribution in [1.82, 2.24) is 9.97 Å². The second-order valence-electron chi connectivity index (χ2n) is 8.97. The van der Waals surface area contributed by atoms with Crippen LogP contribution in [0.5, 0.6) is 40.6 Å². The Morgan fingerprint density at radius 2 is 1.83 bits per heavy atom. The lowest BCUT2D eigenvalue weighted by Gasteiger charge is -2.18. The summed E-state index contributed by atoms with van der Waals surface area (Å²) in [5, 5.41) is 6.27. The van der Waals surface area contributed by atoms with Gasteiger partial charge in [0, 0.05) is 24.6 Å². The molecule has 0 aliphatic carbocycles. The van der Waals surface area contributed by atoms with E-state index in [0.717, 1.165) is 0 Å². The van der Waals surface area contributed by atoms with Crippen molar-refractivity contribution >= 4 is 50.6 Å². The van der Waals surface area contributed by atoms with E-state index in [2.05, 4.69) is 20.0 Å². The number of halogens is 1. The van der Waals surface area contributed by atoms with Crippen LogP contribution >= 0.6 is 22.9 Å². The molecule has 0 atom stereocenters. The summed E-state index contributed by atoms with van der Waals surface area (Å²) in [7, 11) is -1.38. The first kappa shape index (κ1) is 32.7. The number of fused-ring (bicyclic) bond motifs is 1. The minimum atomic E-state index is -4.32. The maximum absolute atomic E-state index is 13.6. The van der Waals surface area contributed by atoms with Gasteiger partial charge in [-0.05, 0) is 35.7 Å². The number of sulfonamides is 1. The Hall–Kier alpha value is -4.71. The molecular weight excluding hydrogens is 668 g/mol. The summed E-state index contributed by atoms with van der Waals surface area (Å²) in [6.07, 6.45) is -0.704. The van der Waals surface area contributed by atoms with E-state index in [4.69, 9.17) is 49.5 Å². The van der Waals surface area contributed by atoms with Gasteiger partial charge in [-0.3, -0.25) is 10.0 Å². The highest BCUT2D eigenvalue weighted by Crippen LogP contribution is 2.42. The van der Waals surface area contributed by atoms with E-state index in [1.54, 1.807) is 22.9 Å². The quantitative estimate of drug-likeness (QED) is 0.156. The maximum Gasteiger partial charge on any atom is 0.411 e. The Labute approximate surface area is 272 Å². The number of ether oxygens (including phenoxy) is 8. The van der Waals surface area contributed by atoms with Crippen LogP contribution in [0.15, 0.2) is 58.1 Å². The van der Waals surface area contributed by atoms with E-state index < -0.39 is 16.1 Å². The molecule has 5 rings (SSSR count). The minimum absolute atomic E-state index is 0.0259. The Morgan fingerprint density at radius 1 is 1.00 bits per heavy atom. The number of carbonyl (C=O) groups is 1. The Balaban J connectivity index is 1.47. The molecule has 3 heterocycles. The highest BCUT2D eigenvalue weighted by Gasteiger charge is 2.27. The van der Waals surface area contributed by atoms with E-state index in [0.29, 0.717) is 17.2 Å². The number of anilines is 2. The van der Waals surface area contributed by atoms with Gasteiger partial charge in [-0.2, -0.15) is 21.3 Å². The highest BCUT2D eigenvalue weighted by atomic mass is 35.5. The van der Waals surface area contributed by atoms with Gasteiger partial charge in [0.2, 0.25) is 12.5 Å². The van der Waals surface area contributed by atoms with Crippen LogP contribution in [0.1, 0.15) is 0 Å². The van der Waals surface area contributed by atoms with E-state index in [1.807, 2.05) is 0 Å². The second-order valence-corrected chi connectivity index (χ2v) is 11.8. The Morgan fingerprint density at radius 3 is 2.61 bits per heavy atom. The molecule has 2 aromatic carbocycles. The number of rotatable bonds is 15. The van der Waals surface area contributed by atoms with E-state index in [-0.39, 0.29) is 78.1 Å². The van der Waals surface area contributed by atoms with Crippen LogP contribution in [0.2, 0.25) is 5.02 Å². The molecule has 1 aliphatic rings. The van der Waals surface area contributed by atoms with E-state index >= 15 is 0 Å². The zero-order valence-corrected chi connectivity index (χ0v) is 26.7. The molecule has 0 bridgehead atoms. The van der Waals surface area contributed by atoms with Crippen LogP contribution in [0, 0.1) is 0 Å². The number of aromatic nitrogens is 2. The van der Waals surface area contributed by atoms with Gasteiger partial charge in [-0.15, -0.1) is 0 Å². The van der Waals surface area contributed by atoms with Crippen LogP contribution in [-0.2, 0) is 19.5 Å². The molecule has 0 spiro atoms. The third-order valence-electron chi connectivity index (χ3n) is 5.89. The Kier molecular flexibility index (Phi) is 10.7. The molecule has 0 unspecified atom stereocenters. The molecule has 0 saturated heterocycles. The number of methoxy groups -OCH3 is 2. The molecule has 1 aliphatic heterocycles. The van der Waals surface area contributed by atoms with Crippen molar-refractivity contribution < 1.29 is 51.1 Å². The van der Waals surface area contributed by atoms with Crippen LogP contribution in [0.3, 0.4) is 0 Å². The normalized spacial score (nSPS) is 11.9. The predicted octanol–water partition coefficient (Wildman–Crippen LogP) is 5.17. The fourth-order valence-electron chi connectivity index (χ4n) is 3.74. The van der Waals surface area contributed by atoms with Crippen molar-refractivity contribution in [2.45, 2.75) is 4.90 Å². The number of carbonyl (C=O) groups excluding carboxylic acids is 1. The number of thiophene rings is 1. The largest absolute Gasteiger partial charge is 0.497 e. The molecular formula is C28H27ClN4O11S2. The summed E-state index contributed by atoms with van der Waals surface area (Å²) < 4.78 is 73.2. The summed E-state index contributed by atoms with van der Waals surface area (Å²) in [6.45, 7) is -0.264. The zero-order chi connectivity index (χ0) is 32.5. The van der Waals surface area contributed by atoms with Crippen molar-refractivity contribution in [1.29, 1.82) is 0 Å². The smallest absolute Gasteiger partial charge is 0.411 e. The van der Waals surface area contributed by atoms with Gasteiger partial charge >= 0.3 is 12.1 Å². The standard InChI is InChI=1S/C28H27ClN4O11S2/c1-37-8-9-40-27-31-25(33-46(35,36)19-4-6-21-23(14-19)43-16-42-21)24(44-22-13-18(38-2)3-5-20(22)29)26(32-27)39-10-11-41-28(34)30-17-7-12-45-15-17/h3-7,12-15H,8-11,16H2,1-2H3,(H,30,34)(H,31,32,33). The zero-order valence-electron chi connectivity index (χ0n) is 24.3. The van der Waals surface area contributed by atoms with Crippen molar-refractivity contribution in [3.05, 3.63) is 58.2 Å². The summed E-state index contributed by atoms with van der Waals surface area (Å²) in [5.41, 5.74) is 0.579. The van der Waals surface area contributed by atoms with Gasteiger partial charge in [0.05, 0.1) is 29.3 Å². The summed E-state index contributed by atoms with van der Waals surface area (Å²) in [4.78, 5) is 20.5. The number of amides is 1. The molecule has 1 amide bonds. The van der Waals surface area contributed by atoms with Crippen molar-refractivity contribution in [3.8, 4) is 40.6 Å². The summed E-state index contributed by atoms with van der Waals surface area (Å²) >= 11 is 7.81. The number of nitrogens with zero attached hydrogens (tertiary/aromatic N) is 2. The van der Waals surface area contributed by atoms with Crippen LogP contribution < -0.4 is 38.5 Å². The highest BCUT2D eigenvalue weighted by molar-refractivity contribution is 7.92. The molecule has 0 saturated carbocycles. The Bertz CT molecular complexity index is 1780. The van der Waals surface area contributed by atoms with E-state index in [1.165, 1.54) is 55.9 Å².